The van der Waals surface area contributed by atoms with Crippen molar-refractivity contribution in [1.29, 1.82) is 0 Å². The molecule has 0 spiro atoms. The van der Waals surface area contributed by atoms with Crippen LogP contribution in [0.3, 0.4) is 0 Å². The second-order valence-electron chi connectivity index (χ2n) is 30.2. The first-order valence-corrected chi connectivity index (χ1v) is 45.5. The number of aliphatic hydroxyl groups is 1. The van der Waals surface area contributed by atoms with Gasteiger partial charge in [-0.3, -0.25) is 37.3 Å². The van der Waals surface area contributed by atoms with E-state index in [0.29, 0.717) is 25.7 Å². The van der Waals surface area contributed by atoms with Crippen LogP contribution in [0.15, 0.2) is 0 Å². The lowest BCUT2D eigenvalue weighted by Crippen LogP contribution is -2.30. The number of carbonyl (C=O) groups is 4. The number of unbranched alkanes of at least 4 members (excludes halogenated alkanes) is 50. The van der Waals surface area contributed by atoms with Gasteiger partial charge in [-0.25, -0.2) is 9.13 Å². The van der Waals surface area contributed by atoms with Crippen LogP contribution in [-0.2, 0) is 65.4 Å². The highest BCUT2D eigenvalue weighted by Gasteiger charge is 2.30. The van der Waals surface area contributed by atoms with E-state index in [-0.39, 0.29) is 25.7 Å². The zero-order valence-electron chi connectivity index (χ0n) is 66.2. The predicted octanol–water partition coefficient (Wildman–Crippen LogP) is 24.7. The van der Waals surface area contributed by atoms with Crippen molar-refractivity contribution in [1.82, 2.24) is 0 Å². The average Bonchev–Trinajstić information content (AvgIpc) is 1.02. The van der Waals surface area contributed by atoms with Crippen molar-refractivity contribution in [2.45, 2.75) is 452 Å². The molecule has 600 valence electrons. The van der Waals surface area contributed by atoms with Crippen LogP contribution in [0.1, 0.15) is 433 Å². The molecule has 6 atom stereocenters. The topological polar surface area (TPSA) is 237 Å². The predicted molar refractivity (Wildman–Crippen MR) is 414 cm³/mol. The van der Waals surface area contributed by atoms with E-state index >= 15 is 0 Å². The minimum absolute atomic E-state index is 0.105. The van der Waals surface area contributed by atoms with E-state index in [0.717, 1.165) is 102 Å². The van der Waals surface area contributed by atoms with Gasteiger partial charge < -0.3 is 33.8 Å². The molecule has 0 aromatic rings. The molecule has 0 rings (SSSR count). The van der Waals surface area contributed by atoms with Crippen molar-refractivity contribution < 1.29 is 80.2 Å². The molecule has 0 saturated heterocycles. The summed E-state index contributed by atoms with van der Waals surface area (Å²) in [5.74, 6) is -0.595. The van der Waals surface area contributed by atoms with Gasteiger partial charge in [0.1, 0.15) is 19.3 Å². The van der Waals surface area contributed by atoms with Crippen molar-refractivity contribution in [3.8, 4) is 0 Å². The Balaban J connectivity index is 5.24. The number of aliphatic hydroxyl groups excluding tert-OH is 1. The van der Waals surface area contributed by atoms with Gasteiger partial charge in [0.25, 0.3) is 0 Å². The number of esters is 4. The molecule has 0 heterocycles. The zero-order chi connectivity index (χ0) is 74.2. The molecule has 0 bridgehead atoms. The lowest BCUT2D eigenvalue weighted by molar-refractivity contribution is -0.161. The molecule has 0 saturated carbocycles. The number of hydrogen-bond acceptors (Lipinski definition) is 15. The molecule has 0 fully saturated rings. The molecule has 0 amide bonds. The normalized spacial score (nSPS) is 14.2. The van der Waals surface area contributed by atoms with Gasteiger partial charge in [-0.2, -0.15) is 0 Å². The standard InChI is InChI=1S/C82H160O17P2/c1-7-10-12-14-16-18-20-22-24-26-27-28-30-32-34-36-40-48-54-60-66-81(86)98-77(70-92-79(84)64-58-52-46-39-35-33-31-29-25-23-21-19-17-15-13-11-8-2)72-96-100(88,89)94-68-76(83)69-95-101(90,91)97-73-78(99-82(87)67-61-55-49-41-37-38-44-50-56-62-74(4)5)71-93-80(85)65-59-53-47-43-42-45-51-57-63-75(6)9-3/h74-78,83H,7-73H2,1-6H3,(H,88,89)(H,90,91)/t75?,76-,77-,78-/m1/s1. The highest BCUT2D eigenvalue weighted by molar-refractivity contribution is 7.47. The monoisotopic (exact) mass is 1480 g/mol. The SMILES string of the molecule is CCCCCCCCCCCCCCCCCCCCCCC(=O)O[C@H](COC(=O)CCCCCCCCCCCCCCCCCCC)COP(=O)(O)OC[C@@H](O)COP(=O)(O)OC[C@@H](COC(=O)CCCCCCCCCCC(C)CC)OC(=O)CCCCCCCCCCCC(C)C. The van der Waals surface area contributed by atoms with E-state index in [1.165, 1.54) is 250 Å². The van der Waals surface area contributed by atoms with Gasteiger partial charge in [0.2, 0.25) is 0 Å². The Morgan fingerprint density at radius 1 is 0.287 bits per heavy atom. The molecule has 0 aromatic carbocycles. The summed E-state index contributed by atoms with van der Waals surface area (Å²) in [7, 11) is -9.92. The second-order valence-corrected chi connectivity index (χ2v) is 33.1. The second kappa shape index (κ2) is 73.6. The molecular formula is C82H160O17P2. The molecular weight excluding hydrogens is 1320 g/mol. The third-order valence-electron chi connectivity index (χ3n) is 19.6. The number of hydrogen-bond donors (Lipinski definition) is 3. The smallest absolute Gasteiger partial charge is 0.462 e. The number of ether oxygens (including phenoxy) is 4. The molecule has 0 aliphatic heterocycles. The van der Waals surface area contributed by atoms with Gasteiger partial charge in [-0.15, -0.1) is 0 Å². The maximum Gasteiger partial charge on any atom is 0.472 e. The number of rotatable bonds is 81. The van der Waals surface area contributed by atoms with Crippen molar-refractivity contribution >= 4 is 39.5 Å². The molecule has 3 unspecified atom stereocenters. The van der Waals surface area contributed by atoms with Crippen molar-refractivity contribution in [2.24, 2.45) is 11.8 Å². The summed E-state index contributed by atoms with van der Waals surface area (Å²) in [4.78, 5) is 73.1. The first-order chi connectivity index (χ1) is 48.9. The lowest BCUT2D eigenvalue weighted by Gasteiger charge is -2.21. The van der Waals surface area contributed by atoms with E-state index in [2.05, 4.69) is 41.5 Å². The van der Waals surface area contributed by atoms with Gasteiger partial charge in [-0.1, -0.05) is 382 Å². The minimum Gasteiger partial charge on any atom is -0.462 e. The highest BCUT2D eigenvalue weighted by atomic mass is 31.2. The van der Waals surface area contributed by atoms with Crippen LogP contribution in [0, 0.1) is 11.8 Å². The van der Waals surface area contributed by atoms with Crippen LogP contribution in [0.25, 0.3) is 0 Å². The number of carbonyl (C=O) groups excluding carboxylic acids is 4. The fraction of sp³-hybridized carbons (Fsp3) is 0.951. The Hall–Kier alpha value is -1.94. The molecule has 0 aromatic heterocycles. The molecule has 0 radical (unpaired) electrons. The van der Waals surface area contributed by atoms with E-state index < -0.39 is 97.5 Å². The summed E-state index contributed by atoms with van der Waals surface area (Å²) < 4.78 is 68.8. The lowest BCUT2D eigenvalue weighted by atomic mass is 9.99. The maximum absolute atomic E-state index is 13.1. The molecule has 101 heavy (non-hydrogen) atoms. The summed E-state index contributed by atoms with van der Waals surface area (Å²) in [5, 5.41) is 10.6. The van der Waals surface area contributed by atoms with Crippen molar-refractivity contribution in [3.05, 3.63) is 0 Å². The number of phosphoric acid groups is 2. The Kier molecular flexibility index (Phi) is 72.2. The Labute approximate surface area is 619 Å². The fourth-order valence-corrected chi connectivity index (χ4v) is 14.3. The van der Waals surface area contributed by atoms with Gasteiger partial charge in [0, 0.05) is 25.7 Å². The van der Waals surface area contributed by atoms with Crippen molar-refractivity contribution in [2.75, 3.05) is 39.6 Å². The molecule has 17 nitrogen and oxygen atoms in total. The first kappa shape index (κ1) is 99.1. The maximum atomic E-state index is 13.1. The van der Waals surface area contributed by atoms with Gasteiger partial charge >= 0.3 is 39.5 Å². The third kappa shape index (κ3) is 74.7. The molecule has 19 heteroatoms. The molecule has 0 aliphatic carbocycles. The largest absolute Gasteiger partial charge is 0.472 e. The van der Waals surface area contributed by atoms with Crippen LogP contribution in [0.4, 0.5) is 0 Å². The third-order valence-corrected chi connectivity index (χ3v) is 21.5. The molecule has 0 aliphatic rings. The summed E-state index contributed by atoms with van der Waals surface area (Å²) in [5.41, 5.74) is 0. The quantitative estimate of drug-likeness (QED) is 0.0222. The van der Waals surface area contributed by atoms with Crippen LogP contribution in [0.2, 0.25) is 0 Å². The van der Waals surface area contributed by atoms with Gasteiger partial charge in [0.15, 0.2) is 12.2 Å². The Morgan fingerprint density at radius 3 is 0.752 bits per heavy atom. The van der Waals surface area contributed by atoms with Crippen LogP contribution in [-0.4, -0.2) is 96.7 Å². The first-order valence-electron chi connectivity index (χ1n) is 42.5. The Bertz CT molecular complexity index is 1940. The van der Waals surface area contributed by atoms with Gasteiger partial charge in [0.05, 0.1) is 26.4 Å². The highest BCUT2D eigenvalue weighted by Crippen LogP contribution is 2.45. The zero-order valence-corrected chi connectivity index (χ0v) is 68.0. The fourth-order valence-electron chi connectivity index (χ4n) is 12.7. The number of phosphoric ester groups is 2. The van der Waals surface area contributed by atoms with E-state index in [1.807, 2.05) is 0 Å². The molecule has 3 N–H and O–H groups in total. The van der Waals surface area contributed by atoms with Crippen LogP contribution >= 0.6 is 15.6 Å². The summed E-state index contributed by atoms with van der Waals surface area (Å²) >= 11 is 0. The van der Waals surface area contributed by atoms with Gasteiger partial charge in [-0.05, 0) is 37.5 Å². The average molecular weight is 1480 g/mol. The van der Waals surface area contributed by atoms with E-state index in [9.17, 15) is 43.2 Å². The summed E-state index contributed by atoms with van der Waals surface area (Å²) in [6.07, 6.45) is 63.9. The van der Waals surface area contributed by atoms with E-state index in [1.54, 1.807) is 0 Å². The minimum atomic E-state index is -4.96. The summed E-state index contributed by atoms with van der Waals surface area (Å²) in [6, 6.07) is 0. The summed E-state index contributed by atoms with van der Waals surface area (Å²) in [6.45, 7) is 9.62. The Morgan fingerprint density at radius 2 is 0.505 bits per heavy atom. The van der Waals surface area contributed by atoms with E-state index in [4.69, 9.17) is 37.0 Å². The van der Waals surface area contributed by atoms with Crippen molar-refractivity contribution in [3.63, 3.8) is 0 Å². The van der Waals surface area contributed by atoms with Crippen LogP contribution in [0.5, 0.6) is 0 Å². The van der Waals surface area contributed by atoms with Crippen LogP contribution < -0.4 is 0 Å².